The molecule has 132 valence electrons. The van der Waals surface area contributed by atoms with Crippen molar-refractivity contribution in [2.75, 3.05) is 13.1 Å². The van der Waals surface area contributed by atoms with Crippen LogP contribution < -0.4 is 5.32 Å². The summed E-state index contributed by atoms with van der Waals surface area (Å²) in [7, 11) is 0. The summed E-state index contributed by atoms with van der Waals surface area (Å²) >= 11 is 12.0. The van der Waals surface area contributed by atoms with E-state index in [1.807, 2.05) is 38.1 Å². The van der Waals surface area contributed by atoms with Crippen molar-refractivity contribution >= 4 is 35.3 Å². The minimum Gasteiger partial charge on any atom is -0.309 e. The van der Waals surface area contributed by atoms with Gasteiger partial charge in [-0.2, -0.15) is 0 Å². The summed E-state index contributed by atoms with van der Waals surface area (Å²) in [4.78, 5) is 23.3. The monoisotopic (exact) mass is 377 g/mol. The summed E-state index contributed by atoms with van der Waals surface area (Å²) in [6.07, 6.45) is 1.23. The summed E-state index contributed by atoms with van der Waals surface area (Å²) in [5.74, 6) is -0.0231. The minimum atomic E-state index is -0.0562. The number of aryl methyl sites for hydroxylation is 2. The number of carbonyl (C=O) groups is 2. The molecular weight excluding hydrogens is 357 g/mol. The SMILES string of the molecule is Cc1cc(C)cc(C(=O)CNCC(CC=O)c2ccc(Cl)c(Cl)c2)c1. The van der Waals surface area contributed by atoms with Gasteiger partial charge in [-0.05, 0) is 43.7 Å². The first kappa shape index (κ1) is 19.6. The number of carbonyl (C=O) groups excluding carboxylic acids is 2. The van der Waals surface area contributed by atoms with Crippen LogP contribution in [0.2, 0.25) is 10.0 Å². The highest BCUT2D eigenvalue weighted by Crippen LogP contribution is 2.27. The van der Waals surface area contributed by atoms with Gasteiger partial charge in [-0.1, -0.05) is 46.5 Å². The largest absolute Gasteiger partial charge is 0.309 e. The third kappa shape index (κ3) is 5.67. The van der Waals surface area contributed by atoms with Gasteiger partial charge < -0.3 is 10.1 Å². The second-order valence-electron chi connectivity index (χ2n) is 6.20. The Morgan fingerprint density at radius 2 is 1.76 bits per heavy atom. The van der Waals surface area contributed by atoms with Gasteiger partial charge >= 0.3 is 0 Å². The molecule has 5 heteroatoms. The van der Waals surface area contributed by atoms with E-state index in [1.54, 1.807) is 12.1 Å². The first-order valence-corrected chi connectivity index (χ1v) is 8.87. The Balaban J connectivity index is 2.00. The predicted molar refractivity (Wildman–Crippen MR) is 103 cm³/mol. The summed E-state index contributed by atoms with van der Waals surface area (Å²) in [5.41, 5.74) is 3.76. The van der Waals surface area contributed by atoms with Crippen molar-refractivity contribution in [3.05, 3.63) is 68.7 Å². The fraction of sp³-hybridized carbons (Fsp3) is 0.300. The molecule has 0 aliphatic carbocycles. The molecule has 0 saturated heterocycles. The van der Waals surface area contributed by atoms with Crippen molar-refractivity contribution < 1.29 is 9.59 Å². The summed E-state index contributed by atoms with van der Waals surface area (Å²) < 4.78 is 0. The van der Waals surface area contributed by atoms with E-state index in [0.29, 0.717) is 28.6 Å². The molecule has 0 heterocycles. The van der Waals surface area contributed by atoms with E-state index in [4.69, 9.17) is 23.2 Å². The van der Waals surface area contributed by atoms with Crippen LogP contribution in [0.5, 0.6) is 0 Å². The molecule has 0 amide bonds. The summed E-state index contributed by atoms with van der Waals surface area (Å²) in [6, 6.07) is 11.2. The molecule has 0 fully saturated rings. The van der Waals surface area contributed by atoms with Crippen LogP contribution in [0.4, 0.5) is 0 Å². The number of hydrogen-bond acceptors (Lipinski definition) is 3. The molecule has 1 atom stereocenters. The van der Waals surface area contributed by atoms with E-state index in [9.17, 15) is 9.59 Å². The van der Waals surface area contributed by atoms with Gasteiger partial charge in [0.2, 0.25) is 0 Å². The van der Waals surface area contributed by atoms with E-state index in [-0.39, 0.29) is 18.2 Å². The second-order valence-corrected chi connectivity index (χ2v) is 7.02. The summed E-state index contributed by atoms with van der Waals surface area (Å²) in [6.45, 7) is 4.68. The Kier molecular flexibility index (Phi) is 7.18. The van der Waals surface area contributed by atoms with Crippen LogP contribution in [0, 0.1) is 13.8 Å². The first-order valence-electron chi connectivity index (χ1n) is 8.11. The highest BCUT2D eigenvalue weighted by molar-refractivity contribution is 6.42. The van der Waals surface area contributed by atoms with Crippen molar-refractivity contribution in [3.8, 4) is 0 Å². The lowest BCUT2D eigenvalue weighted by molar-refractivity contribution is -0.108. The Bertz CT molecular complexity index is 754. The highest BCUT2D eigenvalue weighted by atomic mass is 35.5. The van der Waals surface area contributed by atoms with Gasteiger partial charge in [0, 0.05) is 24.4 Å². The topological polar surface area (TPSA) is 46.2 Å². The molecule has 0 aliphatic heterocycles. The van der Waals surface area contributed by atoms with Crippen LogP contribution in [-0.4, -0.2) is 25.2 Å². The number of rotatable bonds is 8. The van der Waals surface area contributed by atoms with Crippen molar-refractivity contribution in [2.24, 2.45) is 0 Å². The minimum absolute atomic E-state index is 0.0331. The zero-order valence-electron chi connectivity index (χ0n) is 14.3. The lowest BCUT2D eigenvalue weighted by Gasteiger charge is -2.16. The van der Waals surface area contributed by atoms with Gasteiger partial charge in [0.05, 0.1) is 16.6 Å². The number of benzene rings is 2. The van der Waals surface area contributed by atoms with Gasteiger partial charge in [-0.3, -0.25) is 4.79 Å². The van der Waals surface area contributed by atoms with Crippen LogP contribution in [0.3, 0.4) is 0 Å². The average Bonchev–Trinajstić information content (AvgIpc) is 2.55. The van der Waals surface area contributed by atoms with Gasteiger partial charge in [0.15, 0.2) is 5.78 Å². The first-order chi connectivity index (χ1) is 11.9. The number of halogens is 2. The molecule has 0 spiro atoms. The van der Waals surface area contributed by atoms with Crippen LogP contribution in [-0.2, 0) is 4.79 Å². The Morgan fingerprint density at radius 1 is 1.08 bits per heavy atom. The van der Waals surface area contributed by atoms with Gasteiger partial charge in [0.25, 0.3) is 0 Å². The molecule has 0 saturated carbocycles. The third-order valence-corrected chi connectivity index (χ3v) is 4.75. The second kappa shape index (κ2) is 9.14. The average molecular weight is 378 g/mol. The van der Waals surface area contributed by atoms with E-state index >= 15 is 0 Å². The molecule has 3 nitrogen and oxygen atoms in total. The molecule has 2 rings (SSSR count). The third-order valence-electron chi connectivity index (χ3n) is 4.02. The molecule has 0 radical (unpaired) electrons. The molecular formula is C20H21Cl2NO2. The van der Waals surface area contributed by atoms with Gasteiger partial charge in [0.1, 0.15) is 6.29 Å². The maximum atomic E-state index is 12.4. The van der Waals surface area contributed by atoms with Gasteiger partial charge in [-0.15, -0.1) is 0 Å². The van der Waals surface area contributed by atoms with Crippen LogP contribution in [0.1, 0.15) is 39.4 Å². The maximum absolute atomic E-state index is 12.4. The fourth-order valence-electron chi connectivity index (χ4n) is 2.82. The van der Waals surface area contributed by atoms with Crippen LogP contribution in [0.15, 0.2) is 36.4 Å². The Hall–Kier alpha value is -1.68. The number of hydrogen-bond donors (Lipinski definition) is 1. The number of Topliss-reactive ketones (excluding diaryl/α,β-unsaturated/α-hetero) is 1. The molecule has 1 unspecified atom stereocenters. The lowest BCUT2D eigenvalue weighted by atomic mass is 9.96. The van der Waals surface area contributed by atoms with E-state index in [2.05, 4.69) is 5.32 Å². The van der Waals surface area contributed by atoms with Crippen LogP contribution in [0.25, 0.3) is 0 Å². The Labute approximate surface area is 158 Å². The van der Waals surface area contributed by atoms with Crippen molar-refractivity contribution in [2.45, 2.75) is 26.2 Å². The molecule has 1 N–H and O–H groups in total. The zero-order valence-corrected chi connectivity index (χ0v) is 15.8. The summed E-state index contributed by atoms with van der Waals surface area (Å²) in [5, 5.41) is 4.09. The number of ketones is 1. The molecule has 0 aliphatic rings. The van der Waals surface area contributed by atoms with Crippen LogP contribution >= 0.6 is 23.2 Å². The number of aldehydes is 1. The maximum Gasteiger partial charge on any atom is 0.176 e. The quantitative estimate of drug-likeness (QED) is 0.532. The van der Waals surface area contributed by atoms with Crippen molar-refractivity contribution in [3.63, 3.8) is 0 Å². The molecule has 25 heavy (non-hydrogen) atoms. The molecule has 0 bridgehead atoms. The van der Waals surface area contributed by atoms with E-state index < -0.39 is 0 Å². The Morgan fingerprint density at radius 3 is 2.36 bits per heavy atom. The van der Waals surface area contributed by atoms with Crippen molar-refractivity contribution in [1.29, 1.82) is 0 Å². The predicted octanol–water partition coefficient (Wildman–Crippen LogP) is 4.76. The van der Waals surface area contributed by atoms with Crippen molar-refractivity contribution in [1.82, 2.24) is 5.32 Å². The van der Waals surface area contributed by atoms with E-state index in [1.165, 1.54) is 0 Å². The molecule has 2 aromatic carbocycles. The number of nitrogens with one attached hydrogen (secondary N) is 1. The highest BCUT2D eigenvalue weighted by Gasteiger charge is 2.14. The standard InChI is InChI=1S/C20H21Cl2NO2/c1-13-7-14(2)9-17(8-13)20(25)12-23-11-16(5-6-24)15-3-4-18(21)19(22)10-15/h3-4,6-10,16,23H,5,11-12H2,1-2H3. The van der Waals surface area contributed by atoms with Gasteiger partial charge in [-0.25, -0.2) is 0 Å². The van der Waals surface area contributed by atoms with E-state index in [0.717, 1.165) is 23.0 Å². The molecule has 2 aromatic rings. The smallest absolute Gasteiger partial charge is 0.176 e. The lowest BCUT2D eigenvalue weighted by Crippen LogP contribution is -2.28. The zero-order chi connectivity index (χ0) is 18.4. The molecule has 0 aromatic heterocycles. The normalized spacial score (nSPS) is 12.0. The fourth-order valence-corrected chi connectivity index (χ4v) is 3.12.